The number of guanidine groups is 1. The number of carbonyl (C=O) groups excluding carboxylic acids is 11. The Labute approximate surface area is 448 Å². The van der Waals surface area contributed by atoms with E-state index in [-0.39, 0.29) is 68.4 Å². The van der Waals surface area contributed by atoms with Gasteiger partial charge in [0.25, 0.3) is 0 Å². The van der Waals surface area contributed by atoms with Gasteiger partial charge in [0.15, 0.2) is 5.96 Å². The minimum atomic E-state index is -1.79. The van der Waals surface area contributed by atoms with Crippen molar-refractivity contribution in [3.63, 3.8) is 0 Å². The number of benzene rings is 2. The molecule has 4 rings (SSSR count). The topological polar surface area (TPSA) is 464 Å². The number of hydrogen-bond acceptors (Lipinski definition) is 17. The first-order valence-electron chi connectivity index (χ1n) is 23.9. The van der Waals surface area contributed by atoms with Gasteiger partial charge in [0.1, 0.15) is 48.0 Å². The van der Waals surface area contributed by atoms with Gasteiger partial charge in [-0.05, 0) is 65.2 Å². The number of phenols is 1. The average molecular weight is 1120 g/mol. The molecule has 20 N–H and O–H groups in total. The van der Waals surface area contributed by atoms with Crippen LogP contribution >= 0.6 is 31.4 Å². The molecule has 2 aromatic carbocycles. The Bertz CT molecular complexity index is 2440. The fraction of sp³-hybridized carbons (Fsp3) is 0.478. The van der Waals surface area contributed by atoms with E-state index in [0.29, 0.717) is 17.5 Å². The van der Waals surface area contributed by atoms with Crippen molar-refractivity contribution < 1.29 is 57.8 Å². The third-order valence-electron chi connectivity index (χ3n) is 11.7. The van der Waals surface area contributed by atoms with Gasteiger partial charge >= 0.3 is 0 Å². The molecule has 0 unspecified atom stereocenters. The zero-order chi connectivity index (χ0) is 55.9. The number of likely N-dealkylation sites (tertiary alicyclic amines) is 1. The second-order valence-electron chi connectivity index (χ2n) is 17.7. The maximum atomic E-state index is 14.6. The van der Waals surface area contributed by atoms with E-state index in [0.717, 1.165) is 31.4 Å². The van der Waals surface area contributed by atoms with Crippen LogP contribution in [0.25, 0.3) is 0 Å². The van der Waals surface area contributed by atoms with E-state index in [1.807, 2.05) is 0 Å². The van der Waals surface area contributed by atoms with Crippen LogP contribution in [-0.4, -0.2) is 160 Å². The Morgan fingerprint density at radius 1 is 0.711 bits per heavy atom. The van der Waals surface area contributed by atoms with Gasteiger partial charge in [0.05, 0.1) is 19.0 Å². The Morgan fingerprint density at radius 2 is 1.29 bits per heavy atom. The van der Waals surface area contributed by atoms with Gasteiger partial charge in [-0.1, -0.05) is 64.1 Å². The summed E-state index contributed by atoms with van der Waals surface area (Å²) in [5.74, 6) is -10.3. The lowest BCUT2D eigenvalue weighted by Gasteiger charge is -2.30. The second kappa shape index (κ2) is 30.9. The molecule has 0 aliphatic carbocycles. The van der Waals surface area contributed by atoms with Crippen molar-refractivity contribution >= 4 is 102 Å². The molecule has 11 amide bonds. The minimum Gasteiger partial charge on any atom is -0.508 e. The monoisotopic (exact) mass is 1120 g/mol. The third-order valence-corrected chi connectivity index (χ3v) is 15.9. The fourth-order valence-electron chi connectivity index (χ4n) is 7.79. The van der Waals surface area contributed by atoms with E-state index in [1.54, 1.807) is 30.3 Å². The van der Waals surface area contributed by atoms with Crippen molar-refractivity contribution in [3.8, 4) is 5.75 Å². The maximum absolute atomic E-state index is 14.6. The summed E-state index contributed by atoms with van der Waals surface area (Å²) in [7, 11) is 3.21. The Morgan fingerprint density at radius 3 is 1.91 bits per heavy atom. The lowest BCUT2D eigenvalue weighted by molar-refractivity contribution is -0.142. The summed E-state index contributed by atoms with van der Waals surface area (Å²) in [6.07, 6.45) is -1.34. The predicted molar refractivity (Wildman–Crippen MR) is 283 cm³/mol. The Hall–Kier alpha value is -7.31. The average Bonchev–Trinajstić information content (AvgIpc) is 3.87. The quantitative estimate of drug-likeness (QED) is 0.0272. The van der Waals surface area contributed by atoms with Gasteiger partial charge in [0.2, 0.25) is 65.0 Å². The SMILES string of the molecule is NC(=O)CC[C@@H]1NC(=O)[C@H](Cc2ccccc2)NC(=O)[C@H](Cc2ccc(O)cc2)NC(=O)[C@@H](N)CSSSC[C@@H](C(=O)N2CCC[C@@H]2C(=O)N[C@@H](CCCN=C(N)N)C(=O)NCC(N)=O)NC(=O)[C@H](CC(N)=O)NC1=O. The van der Waals surface area contributed by atoms with E-state index >= 15 is 0 Å². The van der Waals surface area contributed by atoms with Gasteiger partial charge in [-0.2, -0.15) is 0 Å². The summed E-state index contributed by atoms with van der Waals surface area (Å²) in [4.78, 5) is 153. The number of hydrogen-bond donors (Lipinski definition) is 14. The van der Waals surface area contributed by atoms with E-state index in [4.69, 9.17) is 34.4 Å². The molecule has 0 spiro atoms. The highest BCUT2D eigenvalue weighted by molar-refractivity contribution is 9.09. The van der Waals surface area contributed by atoms with Crippen molar-refractivity contribution in [1.29, 1.82) is 0 Å². The summed E-state index contributed by atoms with van der Waals surface area (Å²) < 4.78 is 0. The molecule has 2 aliphatic rings. The molecule has 414 valence electrons. The lowest BCUT2D eigenvalue weighted by atomic mass is 10.0. The van der Waals surface area contributed by atoms with Crippen LogP contribution in [0.2, 0.25) is 0 Å². The number of primary amides is 3. The maximum Gasteiger partial charge on any atom is 0.246 e. The van der Waals surface area contributed by atoms with Crippen molar-refractivity contribution in [2.75, 3.05) is 31.1 Å². The second-order valence-corrected chi connectivity index (χ2v) is 22.0. The molecule has 0 radical (unpaired) electrons. The largest absolute Gasteiger partial charge is 0.508 e. The number of nitrogens with two attached hydrogens (primary N) is 6. The molecule has 27 nitrogen and oxygen atoms in total. The van der Waals surface area contributed by atoms with Gasteiger partial charge < -0.3 is 81.6 Å². The standard InChI is InChI=1S/C46H65N15O12S3/c47-27-22-74-76-75-23-33(45(73)61-17-5-9-34(61)44(72)56-28(8-4-16-53-46(51)52)39(67)54-21-37(50)65)60-43(71)32(20-36(49)64)59-40(68)29(14-15-35(48)63)55-41(69)31(18-24-6-2-1-3-7-24)58-42(70)30(57-38(27)66)19-25-10-12-26(62)13-11-25/h1-3,6-7,10-13,27-34,62H,4-5,8-9,14-23,47H2,(H2,48,63)(H2,49,64)(H2,50,65)(H,54,67)(H,55,69)(H,56,72)(H,57,66)(H,58,70)(H,59,68)(H,60,71)(H4,51,52,53)/t27-,28-,29-,30-,31-,32-,33-,34+/m0/s1. The number of carbonyl (C=O) groups is 11. The van der Waals surface area contributed by atoms with Crippen LogP contribution in [0.3, 0.4) is 0 Å². The molecular formula is C46H65N15O12S3. The molecule has 0 aromatic heterocycles. The highest BCUT2D eigenvalue weighted by atomic mass is 33.5. The van der Waals surface area contributed by atoms with Crippen molar-refractivity contribution in [3.05, 3.63) is 65.7 Å². The number of aromatic hydroxyl groups is 1. The van der Waals surface area contributed by atoms with E-state index in [1.165, 1.54) is 29.2 Å². The molecule has 0 saturated carbocycles. The summed E-state index contributed by atoms with van der Waals surface area (Å²) in [6, 6.07) is 2.95. The van der Waals surface area contributed by atoms with Crippen molar-refractivity contribution in [1.82, 2.24) is 42.1 Å². The van der Waals surface area contributed by atoms with E-state index in [2.05, 4.69) is 42.2 Å². The molecule has 2 saturated heterocycles. The molecule has 2 fully saturated rings. The zero-order valence-electron chi connectivity index (χ0n) is 41.2. The zero-order valence-corrected chi connectivity index (χ0v) is 43.7. The number of rotatable bonds is 19. The van der Waals surface area contributed by atoms with Crippen LogP contribution in [0.15, 0.2) is 59.6 Å². The van der Waals surface area contributed by atoms with E-state index in [9.17, 15) is 57.8 Å². The first kappa shape index (κ1) is 61.2. The van der Waals surface area contributed by atoms with Gasteiger partial charge in [-0.15, -0.1) is 0 Å². The summed E-state index contributed by atoms with van der Waals surface area (Å²) in [5.41, 5.74) is 34.4. The highest BCUT2D eigenvalue weighted by Gasteiger charge is 2.40. The van der Waals surface area contributed by atoms with Crippen LogP contribution in [0.5, 0.6) is 5.75 Å². The number of phenolic OH excluding ortho intramolecular Hbond substituents is 1. The third kappa shape index (κ3) is 20.8. The number of nitrogens with zero attached hydrogens (tertiary/aromatic N) is 2. The molecule has 2 aliphatic heterocycles. The highest BCUT2D eigenvalue weighted by Crippen LogP contribution is 2.35. The van der Waals surface area contributed by atoms with Crippen molar-refractivity contribution in [2.24, 2.45) is 39.4 Å². The molecule has 8 atom stereocenters. The minimum absolute atomic E-state index is 0.00696. The van der Waals surface area contributed by atoms with Crippen molar-refractivity contribution in [2.45, 2.75) is 106 Å². The Balaban J connectivity index is 1.70. The van der Waals surface area contributed by atoms with Crippen LogP contribution in [0.1, 0.15) is 56.1 Å². The molecule has 2 heterocycles. The number of amides is 11. The number of aliphatic imine (C=N–C) groups is 1. The van der Waals surface area contributed by atoms with Crippen LogP contribution < -0.4 is 71.6 Å². The summed E-state index contributed by atoms with van der Waals surface area (Å²) in [6.45, 7) is -0.421. The van der Waals surface area contributed by atoms with Gasteiger partial charge in [-0.25, -0.2) is 0 Å². The first-order chi connectivity index (χ1) is 36.1. The fourth-order valence-corrected chi connectivity index (χ4v) is 11.6. The lowest BCUT2D eigenvalue weighted by Crippen LogP contribution is -2.61. The summed E-state index contributed by atoms with van der Waals surface area (Å²) in [5, 5.41) is 27.7. The normalized spacial score (nSPS) is 22.6. The molecule has 2 aromatic rings. The van der Waals surface area contributed by atoms with Gasteiger partial charge in [-0.3, -0.25) is 57.7 Å². The van der Waals surface area contributed by atoms with E-state index < -0.39 is 139 Å². The number of nitrogens with one attached hydrogen (secondary N) is 7. The molecule has 76 heavy (non-hydrogen) atoms. The van der Waals surface area contributed by atoms with Crippen LogP contribution in [0.4, 0.5) is 0 Å². The summed E-state index contributed by atoms with van der Waals surface area (Å²) >= 11 is 0. The molecule has 30 heteroatoms. The Kier molecular flexibility index (Phi) is 24.9. The van der Waals surface area contributed by atoms with Crippen LogP contribution in [-0.2, 0) is 65.6 Å². The molecule has 0 bridgehead atoms. The van der Waals surface area contributed by atoms with Gasteiger partial charge in [0, 0.05) is 43.9 Å². The molecular weight excluding hydrogens is 1050 g/mol. The first-order valence-corrected chi connectivity index (χ1v) is 27.7. The van der Waals surface area contributed by atoms with Crippen LogP contribution in [0, 0.1) is 0 Å². The predicted octanol–water partition coefficient (Wildman–Crippen LogP) is -4.76. The smallest absolute Gasteiger partial charge is 0.246 e.